The molecule has 0 saturated carbocycles. The summed E-state index contributed by atoms with van der Waals surface area (Å²) in [6.07, 6.45) is 0.976. The normalized spacial score (nSPS) is 12.6. The molecule has 6 heteroatoms. The SMILES string of the molecule is NC(Cc1ccccc1)C(=O)NCc1cccc(CNC(=O)C(N)Cc2ccccc2)c1. The Bertz CT molecular complexity index is 930. The van der Waals surface area contributed by atoms with E-state index in [1.165, 1.54) is 0 Å². The smallest absolute Gasteiger partial charge is 0.237 e. The third-order valence-corrected chi connectivity index (χ3v) is 5.20. The number of carbonyl (C=O) groups excluding carboxylic acids is 2. The van der Waals surface area contributed by atoms with Gasteiger partial charge in [-0.05, 0) is 35.1 Å². The predicted molar refractivity (Wildman–Crippen MR) is 126 cm³/mol. The van der Waals surface area contributed by atoms with E-state index in [2.05, 4.69) is 10.6 Å². The molecule has 0 aromatic heterocycles. The lowest BCUT2D eigenvalue weighted by molar-refractivity contribution is -0.123. The standard InChI is InChI=1S/C26H30N4O2/c27-23(15-19-8-3-1-4-9-19)25(31)29-17-21-12-7-13-22(14-21)18-30-26(32)24(28)16-20-10-5-2-6-11-20/h1-14,23-24H,15-18,27-28H2,(H,29,31)(H,30,32). The van der Waals surface area contributed by atoms with Crippen molar-refractivity contribution >= 4 is 11.8 Å². The van der Waals surface area contributed by atoms with Crippen LogP contribution in [0.25, 0.3) is 0 Å². The highest BCUT2D eigenvalue weighted by Crippen LogP contribution is 2.07. The molecule has 0 fully saturated rings. The first kappa shape index (κ1) is 23.2. The predicted octanol–water partition coefficient (Wildman–Crippen LogP) is 2.06. The summed E-state index contributed by atoms with van der Waals surface area (Å²) in [5, 5.41) is 5.77. The topological polar surface area (TPSA) is 110 Å². The first-order chi connectivity index (χ1) is 15.5. The van der Waals surface area contributed by atoms with Crippen LogP contribution in [0.2, 0.25) is 0 Å². The molecule has 0 aliphatic rings. The largest absolute Gasteiger partial charge is 0.351 e. The van der Waals surface area contributed by atoms with Gasteiger partial charge < -0.3 is 22.1 Å². The number of nitrogens with two attached hydrogens (primary N) is 2. The van der Waals surface area contributed by atoms with Crippen LogP contribution in [0.1, 0.15) is 22.3 Å². The molecule has 0 heterocycles. The van der Waals surface area contributed by atoms with Gasteiger partial charge in [0.2, 0.25) is 11.8 Å². The van der Waals surface area contributed by atoms with E-state index in [0.717, 1.165) is 22.3 Å². The van der Waals surface area contributed by atoms with Crippen LogP contribution >= 0.6 is 0 Å². The molecule has 32 heavy (non-hydrogen) atoms. The highest BCUT2D eigenvalue weighted by Gasteiger charge is 2.15. The zero-order valence-corrected chi connectivity index (χ0v) is 18.0. The molecule has 0 radical (unpaired) electrons. The summed E-state index contributed by atoms with van der Waals surface area (Å²) >= 11 is 0. The average Bonchev–Trinajstić information content (AvgIpc) is 2.82. The Balaban J connectivity index is 1.45. The number of nitrogens with one attached hydrogen (secondary N) is 2. The van der Waals surface area contributed by atoms with Gasteiger partial charge in [0.05, 0.1) is 12.1 Å². The van der Waals surface area contributed by atoms with E-state index in [1.807, 2.05) is 84.9 Å². The molecule has 0 saturated heterocycles. The van der Waals surface area contributed by atoms with Crippen molar-refractivity contribution in [2.24, 2.45) is 11.5 Å². The minimum Gasteiger partial charge on any atom is -0.351 e. The summed E-state index contributed by atoms with van der Waals surface area (Å²) in [5.41, 5.74) is 16.0. The van der Waals surface area contributed by atoms with Crippen molar-refractivity contribution in [1.82, 2.24) is 10.6 Å². The maximum atomic E-state index is 12.3. The average molecular weight is 431 g/mol. The summed E-state index contributed by atoms with van der Waals surface area (Å²) in [4.78, 5) is 24.7. The molecule has 0 spiro atoms. The van der Waals surface area contributed by atoms with Gasteiger partial charge in [-0.2, -0.15) is 0 Å². The van der Waals surface area contributed by atoms with Gasteiger partial charge in [0.15, 0.2) is 0 Å². The van der Waals surface area contributed by atoms with Gasteiger partial charge in [-0.25, -0.2) is 0 Å². The van der Waals surface area contributed by atoms with Crippen LogP contribution in [0.4, 0.5) is 0 Å². The number of rotatable bonds is 10. The van der Waals surface area contributed by atoms with Crippen LogP contribution in [0.5, 0.6) is 0 Å². The lowest BCUT2D eigenvalue weighted by Crippen LogP contribution is -2.42. The highest BCUT2D eigenvalue weighted by atomic mass is 16.2. The molecule has 166 valence electrons. The van der Waals surface area contributed by atoms with Crippen molar-refractivity contribution in [3.8, 4) is 0 Å². The number of hydrogen-bond donors (Lipinski definition) is 4. The van der Waals surface area contributed by atoms with Crippen LogP contribution in [0, 0.1) is 0 Å². The molecule has 2 unspecified atom stereocenters. The lowest BCUT2D eigenvalue weighted by atomic mass is 10.1. The van der Waals surface area contributed by atoms with Gasteiger partial charge in [-0.1, -0.05) is 84.9 Å². The van der Waals surface area contributed by atoms with Gasteiger partial charge in [0.1, 0.15) is 0 Å². The van der Waals surface area contributed by atoms with Crippen LogP contribution < -0.4 is 22.1 Å². The van der Waals surface area contributed by atoms with E-state index in [4.69, 9.17) is 11.5 Å². The van der Waals surface area contributed by atoms with Crippen LogP contribution in [-0.4, -0.2) is 23.9 Å². The molecule has 6 nitrogen and oxygen atoms in total. The molecule has 0 aliphatic carbocycles. The van der Waals surface area contributed by atoms with Crippen molar-refractivity contribution in [1.29, 1.82) is 0 Å². The van der Waals surface area contributed by atoms with Crippen molar-refractivity contribution in [3.05, 3.63) is 107 Å². The summed E-state index contributed by atoms with van der Waals surface area (Å²) in [7, 11) is 0. The Kier molecular flexibility index (Phi) is 8.54. The van der Waals surface area contributed by atoms with Crippen molar-refractivity contribution in [2.75, 3.05) is 0 Å². The van der Waals surface area contributed by atoms with Gasteiger partial charge >= 0.3 is 0 Å². The number of amides is 2. The van der Waals surface area contributed by atoms with Gasteiger partial charge in [-0.15, -0.1) is 0 Å². The van der Waals surface area contributed by atoms with Crippen LogP contribution in [0.15, 0.2) is 84.9 Å². The quantitative estimate of drug-likeness (QED) is 0.395. The third kappa shape index (κ3) is 7.34. The second-order valence-electron chi connectivity index (χ2n) is 7.85. The van der Waals surface area contributed by atoms with Gasteiger partial charge in [-0.3, -0.25) is 9.59 Å². The molecule has 2 atom stereocenters. The van der Waals surface area contributed by atoms with E-state index < -0.39 is 12.1 Å². The zero-order chi connectivity index (χ0) is 22.8. The molecule has 3 aromatic rings. The van der Waals surface area contributed by atoms with Crippen LogP contribution in [0.3, 0.4) is 0 Å². The number of benzene rings is 3. The van der Waals surface area contributed by atoms with Crippen LogP contribution in [-0.2, 0) is 35.5 Å². The monoisotopic (exact) mass is 430 g/mol. The minimum absolute atomic E-state index is 0.195. The maximum absolute atomic E-state index is 12.3. The van der Waals surface area contributed by atoms with Crippen molar-refractivity contribution in [3.63, 3.8) is 0 Å². The molecular formula is C26H30N4O2. The zero-order valence-electron chi connectivity index (χ0n) is 18.0. The highest BCUT2D eigenvalue weighted by molar-refractivity contribution is 5.82. The van der Waals surface area contributed by atoms with E-state index >= 15 is 0 Å². The fourth-order valence-electron chi connectivity index (χ4n) is 3.41. The number of carbonyl (C=O) groups is 2. The Morgan fingerprint density at radius 3 is 1.38 bits per heavy atom. The summed E-state index contributed by atoms with van der Waals surface area (Å²) in [6, 6.07) is 25.9. The Labute approximate surface area is 189 Å². The Hall–Kier alpha value is -3.48. The van der Waals surface area contributed by atoms with Gasteiger partial charge in [0, 0.05) is 13.1 Å². The molecule has 0 bridgehead atoms. The molecule has 6 N–H and O–H groups in total. The maximum Gasteiger partial charge on any atom is 0.237 e. The first-order valence-corrected chi connectivity index (χ1v) is 10.7. The lowest BCUT2D eigenvalue weighted by Gasteiger charge is -2.14. The molecular weight excluding hydrogens is 400 g/mol. The van der Waals surface area contributed by atoms with Crippen molar-refractivity contribution < 1.29 is 9.59 Å². The Morgan fingerprint density at radius 1 is 0.594 bits per heavy atom. The van der Waals surface area contributed by atoms with E-state index in [0.29, 0.717) is 25.9 Å². The van der Waals surface area contributed by atoms with E-state index in [1.54, 1.807) is 0 Å². The van der Waals surface area contributed by atoms with E-state index in [9.17, 15) is 9.59 Å². The molecule has 2 amide bonds. The summed E-state index contributed by atoms with van der Waals surface area (Å²) in [5.74, 6) is -0.390. The number of hydrogen-bond acceptors (Lipinski definition) is 4. The molecule has 3 rings (SSSR count). The fraction of sp³-hybridized carbons (Fsp3) is 0.231. The third-order valence-electron chi connectivity index (χ3n) is 5.20. The van der Waals surface area contributed by atoms with Crippen molar-refractivity contribution in [2.45, 2.75) is 38.0 Å². The minimum atomic E-state index is -0.606. The second kappa shape index (κ2) is 11.8. The molecule has 0 aliphatic heterocycles. The summed E-state index contributed by atoms with van der Waals surface area (Å²) < 4.78 is 0. The van der Waals surface area contributed by atoms with E-state index in [-0.39, 0.29) is 11.8 Å². The second-order valence-corrected chi connectivity index (χ2v) is 7.85. The fourth-order valence-corrected chi connectivity index (χ4v) is 3.41. The Morgan fingerprint density at radius 2 is 0.969 bits per heavy atom. The first-order valence-electron chi connectivity index (χ1n) is 10.7. The summed E-state index contributed by atoms with van der Waals surface area (Å²) in [6.45, 7) is 0.743. The van der Waals surface area contributed by atoms with Gasteiger partial charge in [0.25, 0.3) is 0 Å². The molecule has 3 aromatic carbocycles.